The summed E-state index contributed by atoms with van der Waals surface area (Å²) in [7, 11) is 0. The van der Waals surface area contributed by atoms with Gasteiger partial charge in [-0.05, 0) is 29.7 Å². The fraction of sp³-hybridized carbons (Fsp3) is 0. The van der Waals surface area contributed by atoms with Crippen LogP contribution in [0, 0.1) is 0 Å². The van der Waals surface area contributed by atoms with Gasteiger partial charge in [-0.1, -0.05) is 40.2 Å². The number of hydrogen-bond donors (Lipinski definition) is 2. The maximum absolute atomic E-state index is 13.2. The van der Waals surface area contributed by atoms with Crippen LogP contribution in [0.1, 0.15) is 31.8 Å². The van der Waals surface area contributed by atoms with E-state index in [0.717, 1.165) is 15.4 Å². The molecule has 6 heteroatoms. The molecule has 1 heterocycles. The van der Waals surface area contributed by atoms with Crippen molar-refractivity contribution < 1.29 is 9.59 Å². The molecule has 0 amide bonds. The number of rotatable bonds is 0. The Morgan fingerprint density at radius 2 is 1.48 bits per heavy atom. The van der Waals surface area contributed by atoms with Gasteiger partial charge in [0.05, 0.1) is 22.5 Å². The van der Waals surface area contributed by atoms with E-state index in [-0.39, 0.29) is 33.7 Å². The molecule has 1 aliphatic heterocycles. The zero-order chi connectivity index (χ0) is 18.9. The number of benzene rings is 3. The van der Waals surface area contributed by atoms with Gasteiger partial charge in [0.15, 0.2) is 11.6 Å². The number of nitrogens with two attached hydrogens (primary N) is 1. The van der Waals surface area contributed by atoms with E-state index in [1.807, 2.05) is 18.2 Å². The first-order chi connectivity index (χ1) is 13.0. The first-order valence-electron chi connectivity index (χ1n) is 8.23. The van der Waals surface area contributed by atoms with Crippen molar-refractivity contribution in [3.8, 4) is 11.3 Å². The van der Waals surface area contributed by atoms with Crippen molar-refractivity contribution in [3.05, 3.63) is 85.5 Å². The topological polar surface area (TPSA) is 93.0 Å². The monoisotopic (exact) mass is 418 g/mol. The first kappa shape index (κ1) is 16.0. The summed E-state index contributed by atoms with van der Waals surface area (Å²) in [4.78, 5) is 42.2. The van der Waals surface area contributed by atoms with Gasteiger partial charge < -0.3 is 10.7 Å². The number of carbonyl (C=O) groups is 2. The molecule has 0 aromatic heterocycles. The fourth-order valence-electron chi connectivity index (χ4n) is 3.70. The summed E-state index contributed by atoms with van der Waals surface area (Å²) in [5.74, 6) is -0.717. The molecule has 0 saturated heterocycles. The summed E-state index contributed by atoms with van der Waals surface area (Å²) >= 11 is 3.41. The van der Waals surface area contributed by atoms with Crippen molar-refractivity contribution in [2.75, 3.05) is 5.73 Å². The average molecular weight is 419 g/mol. The summed E-state index contributed by atoms with van der Waals surface area (Å²) in [5, 5.41) is 0.795. The highest BCUT2D eigenvalue weighted by atomic mass is 79.9. The first-order valence-corrected chi connectivity index (χ1v) is 9.03. The molecule has 0 unspecified atom stereocenters. The zero-order valence-corrected chi connectivity index (χ0v) is 15.4. The second kappa shape index (κ2) is 5.37. The van der Waals surface area contributed by atoms with Crippen molar-refractivity contribution in [1.82, 2.24) is 4.98 Å². The van der Waals surface area contributed by atoms with Gasteiger partial charge >= 0.3 is 0 Å². The lowest BCUT2D eigenvalue weighted by atomic mass is 9.80. The summed E-state index contributed by atoms with van der Waals surface area (Å²) in [6.45, 7) is 0. The zero-order valence-electron chi connectivity index (χ0n) is 13.8. The van der Waals surface area contributed by atoms with E-state index in [9.17, 15) is 14.4 Å². The van der Waals surface area contributed by atoms with Crippen molar-refractivity contribution in [3.63, 3.8) is 0 Å². The molecule has 3 aliphatic rings. The van der Waals surface area contributed by atoms with Crippen LogP contribution in [0.3, 0.4) is 0 Å². The molecule has 0 bridgehead atoms. The highest BCUT2D eigenvalue weighted by Crippen LogP contribution is 2.37. The van der Waals surface area contributed by atoms with E-state index in [1.165, 1.54) is 0 Å². The molecule has 0 radical (unpaired) electrons. The SMILES string of the molecule is Nc1c2c(c3[nH]c4ccc(Br)cc4cc-3c1=O)C(=O)c1ccccc1C2=O. The number of anilines is 1. The summed E-state index contributed by atoms with van der Waals surface area (Å²) in [6, 6.07) is 13.8. The number of H-pyrrole nitrogens is 1. The smallest absolute Gasteiger partial charge is 0.211 e. The van der Waals surface area contributed by atoms with E-state index in [2.05, 4.69) is 20.9 Å². The number of nitrogens with one attached hydrogen (secondary N) is 1. The number of nitrogen functional groups attached to an aromatic ring is 1. The minimum Gasteiger partial charge on any atom is -0.395 e. The van der Waals surface area contributed by atoms with Crippen LogP contribution in [0.4, 0.5) is 5.69 Å². The van der Waals surface area contributed by atoms with Crippen LogP contribution < -0.4 is 11.2 Å². The van der Waals surface area contributed by atoms with Crippen molar-refractivity contribution in [1.29, 1.82) is 0 Å². The molecule has 3 N–H and O–H groups in total. The second-order valence-electron chi connectivity index (χ2n) is 6.49. The Morgan fingerprint density at radius 3 is 2.19 bits per heavy atom. The van der Waals surface area contributed by atoms with Crippen molar-refractivity contribution >= 4 is 44.1 Å². The van der Waals surface area contributed by atoms with Crippen LogP contribution >= 0.6 is 15.9 Å². The van der Waals surface area contributed by atoms with Crippen LogP contribution in [0.25, 0.3) is 22.2 Å². The Morgan fingerprint density at radius 1 is 0.815 bits per heavy atom. The van der Waals surface area contributed by atoms with E-state index in [4.69, 9.17) is 5.73 Å². The molecule has 0 saturated carbocycles. The molecule has 5 rings (SSSR count). The van der Waals surface area contributed by atoms with Crippen molar-refractivity contribution in [2.45, 2.75) is 0 Å². The maximum Gasteiger partial charge on any atom is 0.211 e. The van der Waals surface area contributed by atoms with Gasteiger partial charge in [0, 0.05) is 26.7 Å². The van der Waals surface area contributed by atoms with E-state index in [0.29, 0.717) is 11.3 Å². The minimum atomic E-state index is -0.456. The molecule has 0 spiro atoms. The summed E-state index contributed by atoms with van der Waals surface area (Å²) in [6.07, 6.45) is 0. The lowest BCUT2D eigenvalue weighted by molar-refractivity contribution is 0.0980. The number of halogens is 1. The van der Waals surface area contributed by atoms with E-state index < -0.39 is 11.2 Å². The average Bonchev–Trinajstić information content (AvgIpc) is 2.68. The lowest BCUT2D eigenvalue weighted by Gasteiger charge is -2.22. The Bertz CT molecular complexity index is 1350. The molecule has 27 heavy (non-hydrogen) atoms. The van der Waals surface area contributed by atoms with Crippen LogP contribution in [0.15, 0.2) is 57.8 Å². The normalized spacial score (nSPS) is 13.1. The van der Waals surface area contributed by atoms with E-state index >= 15 is 0 Å². The van der Waals surface area contributed by atoms with Crippen LogP contribution in [-0.4, -0.2) is 16.6 Å². The third kappa shape index (κ3) is 2.07. The van der Waals surface area contributed by atoms with Crippen LogP contribution in [0.2, 0.25) is 0 Å². The van der Waals surface area contributed by atoms with Crippen molar-refractivity contribution in [2.24, 2.45) is 0 Å². The Balaban J connectivity index is 1.98. The van der Waals surface area contributed by atoms with Gasteiger partial charge in [0.1, 0.15) is 0 Å². The predicted molar refractivity (Wildman–Crippen MR) is 107 cm³/mol. The van der Waals surface area contributed by atoms with Gasteiger partial charge in [-0.2, -0.15) is 0 Å². The highest BCUT2D eigenvalue weighted by molar-refractivity contribution is 9.10. The quantitative estimate of drug-likeness (QED) is 0.295. The van der Waals surface area contributed by atoms with Crippen LogP contribution in [-0.2, 0) is 0 Å². The standard InChI is InChI=1S/C21H11BrN2O3/c22-10-5-6-14-9(7-10)8-13-18(24-14)16-15(17(23)21(13)27)19(25)11-3-1-2-4-12(11)20(16)26/h1-8,24H,23H2. The molecular formula is C21H11BrN2O3. The number of carbonyl (C=O) groups excluding carboxylic acids is 2. The van der Waals surface area contributed by atoms with Gasteiger partial charge in [-0.3, -0.25) is 14.4 Å². The maximum atomic E-state index is 13.2. The molecule has 2 aromatic rings. The molecule has 2 aromatic carbocycles. The third-order valence-electron chi connectivity index (χ3n) is 4.97. The summed E-state index contributed by atoms with van der Waals surface area (Å²) in [5.41, 5.74) is 7.52. The third-order valence-corrected chi connectivity index (χ3v) is 5.46. The van der Waals surface area contributed by atoms with Gasteiger partial charge in [-0.25, -0.2) is 0 Å². The Hall–Kier alpha value is -3.25. The number of hydrogen-bond acceptors (Lipinski definition) is 4. The second-order valence-corrected chi connectivity index (χ2v) is 7.40. The molecule has 0 atom stereocenters. The van der Waals surface area contributed by atoms with Gasteiger partial charge in [0.2, 0.25) is 5.43 Å². The molecule has 0 fully saturated rings. The number of aromatic amines is 1. The molecular weight excluding hydrogens is 408 g/mol. The number of pyridine rings is 1. The molecule has 130 valence electrons. The fourth-order valence-corrected chi connectivity index (χ4v) is 4.08. The minimum absolute atomic E-state index is 0.0103. The van der Waals surface area contributed by atoms with E-state index in [1.54, 1.807) is 30.3 Å². The largest absolute Gasteiger partial charge is 0.395 e. The molecule has 5 nitrogen and oxygen atoms in total. The predicted octanol–water partition coefficient (Wildman–Crippen LogP) is 3.75. The lowest BCUT2D eigenvalue weighted by Crippen LogP contribution is -2.28. The molecule has 2 aliphatic carbocycles. The number of ketones is 2. The Kier molecular flexibility index (Phi) is 3.18. The Labute approximate surface area is 161 Å². The number of fused-ring (bicyclic) bond motifs is 5. The van der Waals surface area contributed by atoms with Gasteiger partial charge in [0.25, 0.3) is 0 Å². The van der Waals surface area contributed by atoms with Crippen LogP contribution in [0.5, 0.6) is 0 Å². The summed E-state index contributed by atoms with van der Waals surface area (Å²) < 4.78 is 0.862. The highest BCUT2D eigenvalue weighted by Gasteiger charge is 2.36. The number of aromatic nitrogens is 1. The van der Waals surface area contributed by atoms with Gasteiger partial charge in [-0.15, -0.1) is 0 Å².